The second-order valence-electron chi connectivity index (χ2n) is 7.65. The minimum atomic E-state index is 0. The standard InChI is InChI=1S/C24H36N6.HI/c1-3-25-24(27-13-8-11-21-9-6-5-7-10-21)28-20-22-12-14-26-23(19-22)30-17-15-29(4-2)16-18-30;/h5-7,9-10,12,14,19H,3-4,8,11,13,15-18,20H2,1-2H3,(H2,25,27,28);1H. The van der Waals surface area contributed by atoms with E-state index in [4.69, 9.17) is 4.99 Å². The monoisotopic (exact) mass is 536 g/mol. The first kappa shape index (κ1) is 25.4. The van der Waals surface area contributed by atoms with Gasteiger partial charge in [0.25, 0.3) is 0 Å². The molecular weight excluding hydrogens is 499 g/mol. The van der Waals surface area contributed by atoms with Crippen LogP contribution in [0.1, 0.15) is 31.4 Å². The number of nitrogens with zero attached hydrogens (tertiary/aromatic N) is 4. The SMILES string of the molecule is CCNC(=NCc1ccnc(N2CCN(CC)CC2)c1)NCCCc1ccccc1.I. The number of aromatic nitrogens is 1. The Morgan fingerprint density at radius 2 is 1.77 bits per heavy atom. The van der Waals surface area contributed by atoms with E-state index in [0.717, 1.165) is 70.4 Å². The number of likely N-dealkylation sites (N-methyl/N-ethyl adjacent to an activating group) is 1. The lowest BCUT2D eigenvalue weighted by atomic mass is 10.1. The van der Waals surface area contributed by atoms with Crippen LogP contribution in [0.15, 0.2) is 53.7 Å². The van der Waals surface area contributed by atoms with E-state index >= 15 is 0 Å². The predicted octanol–water partition coefficient (Wildman–Crippen LogP) is 3.53. The number of aliphatic imine (C=N–C) groups is 1. The van der Waals surface area contributed by atoms with Crippen LogP contribution >= 0.6 is 24.0 Å². The van der Waals surface area contributed by atoms with Crippen molar-refractivity contribution < 1.29 is 0 Å². The summed E-state index contributed by atoms with van der Waals surface area (Å²) in [5, 5.41) is 6.81. The molecule has 170 valence electrons. The normalized spacial score (nSPS) is 14.8. The van der Waals surface area contributed by atoms with Gasteiger partial charge < -0.3 is 20.4 Å². The number of pyridine rings is 1. The maximum atomic E-state index is 4.78. The molecule has 0 unspecified atom stereocenters. The molecule has 1 aromatic heterocycles. The van der Waals surface area contributed by atoms with Gasteiger partial charge in [-0.25, -0.2) is 9.98 Å². The Balaban J connectivity index is 0.00000341. The Morgan fingerprint density at radius 3 is 2.48 bits per heavy atom. The van der Waals surface area contributed by atoms with Gasteiger partial charge in [-0.3, -0.25) is 0 Å². The van der Waals surface area contributed by atoms with E-state index < -0.39 is 0 Å². The van der Waals surface area contributed by atoms with Crippen molar-refractivity contribution in [1.29, 1.82) is 0 Å². The second-order valence-corrected chi connectivity index (χ2v) is 7.65. The van der Waals surface area contributed by atoms with Crippen LogP contribution in [0.2, 0.25) is 0 Å². The maximum Gasteiger partial charge on any atom is 0.191 e. The molecule has 1 fully saturated rings. The number of piperazine rings is 1. The molecule has 2 heterocycles. The van der Waals surface area contributed by atoms with Crippen LogP contribution in [0.4, 0.5) is 5.82 Å². The quantitative estimate of drug-likeness (QED) is 0.222. The molecule has 0 atom stereocenters. The van der Waals surface area contributed by atoms with E-state index in [2.05, 4.69) is 81.7 Å². The fraction of sp³-hybridized carbons (Fsp3) is 0.500. The van der Waals surface area contributed by atoms with E-state index in [1.807, 2.05) is 6.20 Å². The van der Waals surface area contributed by atoms with Gasteiger partial charge in [0.2, 0.25) is 0 Å². The molecule has 1 aromatic carbocycles. The second kappa shape index (κ2) is 14.2. The third-order valence-corrected chi connectivity index (χ3v) is 5.49. The van der Waals surface area contributed by atoms with Gasteiger partial charge in [0.15, 0.2) is 5.96 Å². The Morgan fingerprint density at radius 1 is 1.00 bits per heavy atom. The molecule has 0 amide bonds. The summed E-state index contributed by atoms with van der Waals surface area (Å²) < 4.78 is 0. The zero-order valence-electron chi connectivity index (χ0n) is 18.9. The first-order valence-electron chi connectivity index (χ1n) is 11.3. The fourth-order valence-corrected chi connectivity index (χ4v) is 3.68. The smallest absolute Gasteiger partial charge is 0.191 e. The van der Waals surface area contributed by atoms with Gasteiger partial charge in [-0.1, -0.05) is 37.3 Å². The Kier molecular flexibility index (Phi) is 11.7. The average Bonchev–Trinajstić information content (AvgIpc) is 2.81. The van der Waals surface area contributed by atoms with Crippen molar-refractivity contribution in [2.75, 3.05) is 50.7 Å². The van der Waals surface area contributed by atoms with E-state index in [9.17, 15) is 0 Å². The highest BCUT2D eigenvalue weighted by Crippen LogP contribution is 2.15. The third kappa shape index (κ3) is 8.65. The average molecular weight is 537 g/mol. The van der Waals surface area contributed by atoms with Crippen LogP contribution in [0, 0.1) is 0 Å². The first-order chi connectivity index (χ1) is 14.8. The molecule has 1 aliphatic rings. The van der Waals surface area contributed by atoms with Crippen molar-refractivity contribution in [2.45, 2.75) is 33.2 Å². The highest BCUT2D eigenvalue weighted by Gasteiger charge is 2.16. The summed E-state index contributed by atoms with van der Waals surface area (Å²) in [6.45, 7) is 12.2. The minimum Gasteiger partial charge on any atom is -0.357 e. The number of benzene rings is 1. The molecule has 7 heteroatoms. The molecular formula is C24H37IN6. The minimum absolute atomic E-state index is 0. The van der Waals surface area contributed by atoms with Crippen molar-refractivity contribution in [2.24, 2.45) is 4.99 Å². The van der Waals surface area contributed by atoms with Gasteiger partial charge in [0.1, 0.15) is 5.82 Å². The largest absolute Gasteiger partial charge is 0.357 e. The maximum absolute atomic E-state index is 4.78. The molecule has 0 saturated carbocycles. The number of hydrogen-bond acceptors (Lipinski definition) is 4. The zero-order chi connectivity index (χ0) is 21.0. The molecule has 3 rings (SSSR count). The molecule has 0 bridgehead atoms. The zero-order valence-corrected chi connectivity index (χ0v) is 21.2. The van der Waals surface area contributed by atoms with Crippen LogP contribution in [-0.4, -0.2) is 61.7 Å². The summed E-state index contributed by atoms with van der Waals surface area (Å²) in [7, 11) is 0. The predicted molar refractivity (Wildman–Crippen MR) is 142 cm³/mol. The van der Waals surface area contributed by atoms with E-state index in [1.165, 1.54) is 11.1 Å². The van der Waals surface area contributed by atoms with Crippen LogP contribution in [0.3, 0.4) is 0 Å². The summed E-state index contributed by atoms with van der Waals surface area (Å²) in [5.41, 5.74) is 2.57. The van der Waals surface area contributed by atoms with Crippen molar-refractivity contribution in [3.8, 4) is 0 Å². The van der Waals surface area contributed by atoms with Gasteiger partial charge >= 0.3 is 0 Å². The number of anilines is 1. The summed E-state index contributed by atoms with van der Waals surface area (Å²) in [6.07, 6.45) is 4.07. The number of rotatable bonds is 9. The van der Waals surface area contributed by atoms with Crippen molar-refractivity contribution in [3.63, 3.8) is 0 Å². The molecule has 1 aliphatic heterocycles. The Hall–Kier alpha value is -1.87. The highest BCUT2D eigenvalue weighted by molar-refractivity contribution is 14.0. The number of aryl methyl sites for hydroxylation is 1. The molecule has 0 spiro atoms. The van der Waals surface area contributed by atoms with Crippen LogP contribution in [0.25, 0.3) is 0 Å². The molecule has 0 aliphatic carbocycles. The number of halogens is 1. The Bertz CT molecular complexity index is 775. The summed E-state index contributed by atoms with van der Waals surface area (Å²) in [4.78, 5) is 14.2. The molecule has 2 aromatic rings. The lowest BCUT2D eigenvalue weighted by Gasteiger charge is -2.34. The van der Waals surface area contributed by atoms with E-state index in [1.54, 1.807) is 0 Å². The summed E-state index contributed by atoms with van der Waals surface area (Å²) >= 11 is 0. The molecule has 0 radical (unpaired) electrons. The highest BCUT2D eigenvalue weighted by atomic mass is 127. The first-order valence-corrected chi connectivity index (χ1v) is 11.3. The lowest BCUT2D eigenvalue weighted by molar-refractivity contribution is 0.270. The van der Waals surface area contributed by atoms with Crippen LogP contribution in [-0.2, 0) is 13.0 Å². The third-order valence-electron chi connectivity index (χ3n) is 5.49. The van der Waals surface area contributed by atoms with E-state index in [-0.39, 0.29) is 24.0 Å². The van der Waals surface area contributed by atoms with Crippen LogP contribution in [0.5, 0.6) is 0 Å². The Labute approximate surface area is 204 Å². The van der Waals surface area contributed by atoms with E-state index in [0.29, 0.717) is 6.54 Å². The number of nitrogens with one attached hydrogen (secondary N) is 2. The number of guanidine groups is 1. The van der Waals surface area contributed by atoms with Crippen molar-refractivity contribution in [3.05, 3.63) is 59.8 Å². The molecule has 6 nitrogen and oxygen atoms in total. The molecule has 31 heavy (non-hydrogen) atoms. The van der Waals surface area contributed by atoms with Crippen LogP contribution < -0.4 is 15.5 Å². The molecule has 1 saturated heterocycles. The summed E-state index contributed by atoms with van der Waals surface area (Å²) in [5.74, 6) is 1.94. The fourth-order valence-electron chi connectivity index (χ4n) is 3.68. The van der Waals surface area contributed by atoms with Gasteiger partial charge in [0.05, 0.1) is 6.54 Å². The lowest BCUT2D eigenvalue weighted by Crippen LogP contribution is -2.46. The molecule has 2 N–H and O–H groups in total. The van der Waals surface area contributed by atoms with Gasteiger partial charge in [-0.2, -0.15) is 0 Å². The number of hydrogen-bond donors (Lipinski definition) is 2. The van der Waals surface area contributed by atoms with Crippen molar-refractivity contribution >= 4 is 35.8 Å². The topological polar surface area (TPSA) is 55.8 Å². The van der Waals surface area contributed by atoms with Gasteiger partial charge in [0, 0.05) is 45.5 Å². The van der Waals surface area contributed by atoms with Gasteiger partial charge in [-0.05, 0) is 49.6 Å². The van der Waals surface area contributed by atoms with Gasteiger partial charge in [-0.15, -0.1) is 24.0 Å². The van der Waals surface area contributed by atoms with Crippen molar-refractivity contribution in [1.82, 2.24) is 20.5 Å². The summed E-state index contributed by atoms with van der Waals surface area (Å²) in [6, 6.07) is 14.9.